The molecule has 6 nitrogen and oxygen atoms in total. The molecule has 4 heterocycles. The van der Waals surface area contributed by atoms with Gasteiger partial charge in [0.25, 0.3) is 0 Å². The number of ether oxygens (including phenoxy) is 1. The fourth-order valence-corrected chi connectivity index (χ4v) is 4.87. The summed E-state index contributed by atoms with van der Waals surface area (Å²) in [5.41, 5.74) is -0.242. The number of benzene rings is 1. The summed E-state index contributed by atoms with van der Waals surface area (Å²) in [4.78, 5) is 12.6. The molecule has 0 bridgehead atoms. The van der Waals surface area contributed by atoms with Crippen LogP contribution in [0.3, 0.4) is 0 Å². The topological polar surface area (TPSA) is 65.7 Å². The van der Waals surface area contributed by atoms with Crippen LogP contribution >= 0.6 is 0 Å². The van der Waals surface area contributed by atoms with Crippen molar-refractivity contribution >= 4 is 11.0 Å². The van der Waals surface area contributed by atoms with Gasteiger partial charge in [0.2, 0.25) is 0 Å². The van der Waals surface area contributed by atoms with Crippen molar-refractivity contribution in [1.29, 1.82) is 0 Å². The van der Waals surface area contributed by atoms with Gasteiger partial charge in [-0.1, -0.05) is 0 Å². The fourth-order valence-electron chi connectivity index (χ4n) is 4.87. The predicted octanol–water partition coefficient (Wildman–Crippen LogP) is 6.46. The van der Waals surface area contributed by atoms with Crippen LogP contribution in [0.2, 0.25) is 0 Å². The number of aryl methyl sites for hydroxylation is 1. The summed E-state index contributed by atoms with van der Waals surface area (Å²) in [6.07, 6.45) is 2.21. The minimum atomic E-state index is -4.75. The van der Waals surface area contributed by atoms with Gasteiger partial charge in [-0.15, -0.1) is 0 Å². The van der Waals surface area contributed by atoms with Crippen LogP contribution in [0.1, 0.15) is 66.4 Å². The number of pyridine rings is 1. The summed E-state index contributed by atoms with van der Waals surface area (Å²) < 4.78 is 77.2. The van der Waals surface area contributed by atoms with Crippen LogP contribution in [0.5, 0.6) is 0 Å². The van der Waals surface area contributed by atoms with Crippen molar-refractivity contribution in [3.8, 4) is 11.3 Å². The van der Waals surface area contributed by atoms with Crippen molar-refractivity contribution in [2.75, 3.05) is 6.61 Å². The van der Waals surface area contributed by atoms with Crippen LogP contribution < -0.4 is 0 Å². The Hall–Kier alpha value is -3.47. The van der Waals surface area contributed by atoms with E-state index in [0.717, 1.165) is 30.5 Å². The van der Waals surface area contributed by atoms with Gasteiger partial charge in [-0.2, -0.15) is 18.3 Å². The highest BCUT2D eigenvalue weighted by molar-refractivity contribution is 5.89. The van der Waals surface area contributed by atoms with Crippen molar-refractivity contribution < 1.29 is 26.7 Å². The van der Waals surface area contributed by atoms with E-state index in [0.29, 0.717) is 37.3 Å². The third kappa shape index (κ3) is 4.56. The summed E-state index contributed by atoms with van der Waals surface area (Å²) in [5, 5.41) is 4.44. The van der Waals surface area contributed by atoms with Crippen molar-refractivity contribution in [2.24, 2.45) is 0 Å². The predicted molar refractivity (Wildman–Crippen MR) is 124 cm³/mol. The molecule has 3 aromatic heterocycles. The molecule has 0 spiro atoms. The van der Waals surface area contributed by atoms with Gasteiger partial charge in [0.1, 0.15) is 22.8 Å². The number of alkyl halides is 3. The first-order valence-electron chi connectivity index (χ1n) is 12.0. The summed E-state index contributed by atoms with van der Waals surface area (Å²) in [6, 6.07) is 4.91. The minimum absolute atomic E-state index is 0.104. The molecule has 1 saturated heterocycles. The first-order chi connectivity index (χ1) is 17.7. The molecule has 1 aliphatic carbocycles. The Kier molecular flexibility index (Phi) is 5.70. The molecule has 0 amide bonds. The first-order valence-corrected chi connectivity index (χ1v) is 12.0. The van der Waals surface area contributed by atoms with E-state index in [9.17, 15) is 22.0 Å². The average molecular weight is 515 g/mol. The Morgan fingerprint density at radius 3 is 2.57 bits per heavy atom. The number of fused-ring (bicyclic) bond motifs is 1. The van der Waals surface area contributed by atoms with Crippen LogP contribution in [-0.4, -0.2) is 31.3 Å². The van der Waals surface area contributed by atoms with Crippen molar-refractivity contribution in [3.05, 3.63) is 70.9 Å². The second-order valence-corrected chi connectivity index (χ2v) is 9.61. The first kappa shape index (κ1) is 23.9. The minimum Gasteiger partial charge on any atom is -0.373 e. The second-order valence-electron chi connectivity index (χ2n) is 9.61. The third-order valence-electron chi connectivity index (χ3n) is 6.92. The molecule has 0 unspecified atom stereocenters. The van der Waals surface area contributed by atoms with Crippen molar-refractivity contribution in [1.82, 2.24) is 24.7 Å². The molecule has 0 N–H and O–H groups in total. The van der Waals surface area contributed by atoms with Crippen LogP contribution in [0, 0.1) is 18.6 Å². The number of hydrogen-bond acceptors (Lipinski definition) is 5. The Morgan fingerprint density at radius 1 is 1.03 bits per heavy atom. The van der Waals surface area contributed by atoms with Gasteiger partial charge in [-0.3, -0.25) is 4.68 Å². The maximum absolute atomic E-state index is 14.8. The maximum atomic E-state index is 14.8. The molecule has 6 rings (SSSR count). The largest absolute Gasteiger partial charge is 0.435 e. The smallest absolute Gasteiger partial charge is 0.373 e. The molecule has 11 heteroatoms. The lowest BCUT2D eigenvalue weighted by atomic mass is 9.89. The number of halogens is 5. The van der Waals surface area contributed by atoms with Crippen LogP contribution in [-0.2, 0) is 10.9 Å². The number of nitrogens with zero attached hydrogens (tertiary/aromatic N) is 5. The van der Waals surface area contributed by atoms with Crippen LogP contribution in [0.4, 0.5) is 22.0 Å². The highest BCUT2D eigenvalue weighted by Crippen LogP contribution is 2.41. The van der Waals surface area contributed by atoms with Gasteiger partial charge in [0, 0.05) is 41.6 Å². The SMILES string of the molecule is Cc1nc2cc([C@H]3CCO[C@@H](c4cnn(C5CC5)c4)C3)nc(-c3ccc(F)cc3F)c2nc1C(F)(F)F. The number of aromatic nitrogens is 5. The summed E-state index contributed by atoms with van der Waals surface area (Å²) >= 11 is 0. The maximum Gasteiger partial charge on any atom is 0.435 e. The van der Waals surface area contributed by atoms with Gasteiger partial charge in [0.05, 0.1) is 29.6 Å². The summed E-state index contributed by atoms with van der Waals surface area (Å²) in [5.74, 6) is -1.88. The lowest BCUT2D eigenvalue weighted by molar-refractivity contribution is -0.141. The Balaban J connectivity index is 1.44. The van der Waals surface area contributed by atoms with E-state index in [-0.39, 0.29) is 40.0 Å². The fraction of sp³-hybridized carbons (Fsp3) is 0.385. The number of hydrogen-bond donors (Lipinski definition) is 0. The van der Waals surface area contributed by atoms with Crippen molar-refractivity contribution in [3.63, 3.8) is 0 Å². The number of rotatable bonds is 4. The second kappa shape index (κ2) is 8.83. The zero-order valence-electron chi connectivity index (χ0n) is 19.8. The van der Waals surface area contributed by atoms with E-state index >= 15 is 0 Å². The summed E-state index contributed by atoms with van der Waals surface area (Å²) in [6.45, 7) is 1.68. The molecule has 2 aliphatic rings. The van der Waals surface area contributed by atoms with Gasteiger partial charge < -0.3 is 4.74 Å². The average Bonchev–Trinajstić information content (AvgIpc) is 3.58. The third-order valence-corrected chi connectivity index (χ3v) is 6.92. The van der Waals surface area contributed by atoms with E-state index in [1.807, 2.05) is 10.9 Å². The van der Waals surface area contributed by atoms with E-state index < -0.39 is 23.5 Å². The van der Waals surface area contributed by atoms with Gasteiger partial charge in [0.15, 0.2) is 5.69 Å². The van der Waals surface area contributed by atoms with E-state index in [2.05, 4.69) is 20.1 Å². The molecule has 37 heavy (non-hydrogen) atoms. The lowest BCUT2D eigenvalue weighted by Gasteiger charge is -2.29. The standard InChI is InChI=1S/C26H22F5N5O/c1-13-25(26(29,30)31)35-24-21(33-13)10-20(34-23(24)18-5-2-16(27)9-19(18)28)14-6-7-37-22(8-14)15-11-32-36(12-15)17-3-4-17/h2,5,9-12,14,17,22H,3-4,6-8H2,1H3/t14-,22+/m0/s1. The molecular weight excluding hydrogens is 493 g/mol. The normalized spacial score (nSPS) is 20.5. The van der Waals surface area contributed by atoms with Gasteiger partial charge in [-0.05, 0) is 50.8 Å². The molecule has 2 atom stereocenters. The molecule has 1 saturated carbocycles. The van der Waals surface area contributed by atoms with Crippen LogP contribution in [0.15, 0.2) is 36.7 Å². The van der Waals surface area contributed by atoms with E-state index in [1.165, 1.54) is 6.92 Å². The van der Waals surface area contributed by atoms with Gasteiger partial charge >= 0.3 is 6.18 Å². The van der Waals surface area contributed by atoms with Gasteiger partial charge in [-0.25, -0.2) is 23.7 Å². The Morgan fingerprint density at radius 2 is 1.84 bits per heavy atom. The molecular formula is C26H22F5N5O. The quantitative estimate of drug-likeness (QED) is 0.292. The Bertz CT molecular complexity index is 1500. The molecule has 192 valence electrons. The van der Waals surface area contributed by atoms with E-state index in [4.69, 9.17) is 4.74 Å². The monoisotopic (exact) mass is 515 g/mol. The molecule has 4 aromatic rings. The molecule has 1 aromatic carbocycles. The van der Waals surface area contributed by atoms with Crippen LogP contribution in [0.25, 0.3) is 22.3 Å². The lowest BCUT2D eigenvalue weighted by Crippen LogP contribution is -2.20. The molecule has 0 radical (unpaired) electrons. The zero-order chi connectivity index (χ0) is 25.9. The summed E-state index contributed by atoms with van der Waals surface area (Å²) in [7, 11) is 0. The highest BCUT2D eigenvalue weighted by atomic mass is 19.4. The zero-order valence-corrected chi connectivity index (χ0v) is 19.8. The molecule has 2 fully saturated rings. The molecule has 1 aliphatic heterocycles. The van der Waals surface area contributed by atoms with E-state index in [1.54, 1.807) is 12.3 Å². The Labute approximate surface area is 208 Å². The van der Waals surface area contributed by atoms with Crippen molar-refractivity contribution in [2.45, 2.75) is 56.8 Å². The highest BCUT2D eigenvalue weighted by Gasteiger charge is 2.36.